The summed E-state index contributed by atoms with van der Waals surface area (Å²) in [5, 5.41) is 3.79. The molecule has 0 amide bonds. The maximum atomic E-state index is 12.9. The minimum Gasteiger partial charge on any atom is -0.372 e. The Hall–Kier alpha value is -0.640. The third-order valence-corrected chi connectivity index (χ3v) is 3.16. The van der Waals surface area contributed by atoms with Gasteiger partial charge in [0.25, 0.3) is 0 Å². The summed E-state index contributed by atoms with van der Waals surface area (Å²) in [6.45, 7) is 3.54. The van der Waals surface area contributed by atoms with Crippen LogP contribution in [0, 0.1) is 5.82 Å². The number of rotatable bonds is 1. The maximum Gasteiger partial charge on any atom is 0.124 e. The van der Waals surface area contributed by atoms with E-state index in [1.165, 1.54) is 12.1 Å². The first-order valence-electron chi connectivity index (χ1n) is 5.47. The molecule has 0 bridgehead atoms. The fraction of sp³-hybridized carbons (Fsp3) is 0.500. The van der Waals surface area contributed by atoms with Gasteiger partial charge in [0.15, 0.2) is 0 Å². The van der Waals surface area contributed by atoms with Gasteiger partial charge in [-0.2, -0.15) is 0 Å². The first kappa shape index (κ1) is 11.8. The SMILES string of the molecule is CC1CCOC(c2ccc(F)cc2Cl)CN1. The summed E-state index contributed by atoms with van der Waals surface area (Å²) in [5.41, 5.74) is 0.852. The topological polar surface area (TPSA) is 21.3 Å². The summed E-state index contributed by atoms with van der Waals surface area (Å²) in [6.07, 6.45) is 0.896. The minimum atomic E-state index is -0.316. The molecule has 4 heteroatoms. The van der Waals surface area contributed by atoms with Crippen molar-refractivity contribution in [2.75, 3.05) is 13.2 Å². The van der Waals surface area contributed by atoms with Crippen LogP contribution in [0.2, 0.25) is 5.02 Å². The van der Waals surface area contributed by atoms with E-state index in [1.54, 1.807) is 6.07 Å². The normalized spacial score (nSPS) is 26.4. The van der Waals surface area contributed by atoms with Gasteiger partial charge in [-0.15, -0.1) is 0 Å². The molecular formula is C12H15ClFNO. The van der Waals surface area contributed by atoms with Crippen molar-refractivity contribution in [3.63, 3.8) is 0 Å². The minimum absolute atomic E-state index is 0.0851. The molecule has 0 aliphatic carbocycles. The molecule has 0 aromatic heterocycles. The van der Waals surface area contributed by atoms with E-state index in [4.69, 9.17) is 16.3 Å². The number of benzene rings is 1. The molecule has 0 spiro atoms. The highest BCUT2D eigenvalue weighted by molar-refractivity contribution is 6.31. The van der Waals surface area contributed by atoms with Gasteiger partial charge in [-0.05, 0) is 25.5 Å². The third-order valence-electron chi connectivity index (χ3n) is 2.83. The van der Waals surface area contributed by atoms with Crippen LogP contribution in [0.15, 0.2) is 18.2 Å². The van der Waals surface area contributed by atoms with E-state index in [9.17, 15) is 4.39 Å². The number of hydrogen-bond donors (Lipinski definition) is 1. The van der Waals surface area contributed by atoms with Crippen molar-refractivity contribution in [2.24, 2.45) is 0 Å². The summed E-state index contributed by atoms with van der Waals surface area (Å²) in [6, 6.07) is 4.89. The monoisotopic (exact) mass is 243 g/mol. The Morgan fingerprint density at radius 1 is 1.50 bits per heavy atom. The van der Waals surface area contributed by atoms with Crippen molar-refractivity contribution < 1.29 is 9.13 Å². The predicted molar refractivity (Wildman–Crippen MR) is 62.2 cm³/mol. The van der Waals surface area contributed by atoms with Crippen molar-refractivity contribution in [3.8, 4) is 0 Å². The molecule has 1 aromatic rings. The van der Waals surface area contributed by atoms with Gasteiger partial charge in [-0.25, -0.2) is 4.39 Å². The van der Waals surface area contributed by atoms with E-state index in [1.807, 2.05) is 0 Å². The molecular weight excluding hydrogens is 229 g/mol. The highest BCUT2D eigenvalue weighted by atomic mass is 35.5. The van der Waals surface area contributed by atoms with Crippen molar-refractivity contribution >= 4 is 11.6 Å². The summed E-state index contributed by atoms with van der Waals surface area (Å²) in [7, 11) is 0. The lowest BCUT2D eigenvalue weighted by molar-refractivity contribution is 0.0665. The number of halogens is 2. The van der Waals surface area contributed by atoms with Crippen LogP contribution in [0.5, 0.6) is 0 Å². The molecule has 1 saturated heterocycles. The first-order valence-corrected chi connectivity index (χ1v) is 5.84. The largest absolute Gasteiger partial charge is 0.372 e. The van der Waals surface area contributed by atoms with Crippen LogP contribution in [0.25, 0.3) is 0 Å². The Kier molecular flexibility index (Phi) is 3.79. The van der Waals surface area contributed by atoms with Gasteiger partial charge < -0.3 is 10.1 Å². The summed E-state index contributed by atoms with van der Waals surface area (Å²) >= 11 is 6.00. The molecule has 2 atom stereocenters. The third kappa shape index (κ3) is 2.73. The van der Waals surface area contributed by atoms with Gasteiger partial charge in [0.05, 0.1) is 6.10 Å². The van der Waals surface area contributed by atoms with Crippen LogP contribution in [-0.2, 0) is 4.74 Å². The van der Waals surface area contributed by atoms with Gasteiger partial charge in [0.1, 0.15) is 5.82 Å². The number of nitrogens with one attached hydrogen (secondary N) is 1. The van der Waals surface area contributed by atoms with Crippen molar-refractivity contribution in [2.45, 2.75) is 25.5 Å². The Labute approximate surface area is 99.7 Å². The lowest BCUT2D eigenvalue weighted by Crippen LogP contribution is -2.27. The van der Waals surface area contributed by atoms with Crippen molar-refractivity contribution in [3.05, 3.63) is 34.6 Å². The Morgan fingerprint density at radius 3 is 3.06 bits per heavy atom. The summed E-state index contributed by atoms with van der Waals surface area (Å²) in [4.78, 5) is 0. The molecule has 1 aliphatic heterocycles. The Morgan fingerprint density at radius 2 is 2.31 bits per heavy atom. The van der Waals surface area contributed by atoms with E-state index in [0.717, 1.165) is 12.0 Å². The van der Waals surface area contributed by atoms with Gasteiger partial charge >= 0.3 is 0 Å². The molecule has 0 saturated carbocycles. The van der Waals surface area contributed by atoms with E-state index >= 15 is 0 Å². The quantitative estimate of drug-likeness (QED) is 0.819. The number of hydrogen-bond acceptors (Lipinski definition) is 2. The van der Waals surface area contributed by atoms with Gasteiger partial charge in [-0.1, -0.05) is 17.7 Å². The van der Waals surface area contributed by atoms with E-state index in [2.05, 4.69) is 12.2 Å². The average molecular weight is 244 g/mol. The molecule has 2 unspecified atom stereocenters. The van der Waals surface area contributed by atoms with Crippen LogP contribution >= 0.6 is 11.6 Å². The summed E-state index contributed by atoms with van der Waals surface area (Å²) < 4.78 is 18.6. The molecule has 2 nitrogen and oxygen atoms in total. The Balaban J connectivity index is 2.16. The molecule has 0 radical (unpaired) electrons. The van der Waals surface area contributed by atoms with Crippen molar-refractivity contribution in [1.82, 2.24) is 5.32 Å². The lowest BCUT2D eigenvalue weighted by Gasteiger charge is -2.17. The smallest absolute Gasteiger partial charge is 0.124 e. The van der Waals surface area contributed by atoms with E-state index in [0.29, 0.717) is 24.2 Å². The average Bonchev–Trinajstić information content (AvgIpc) is 2.43. The second-order valence-corrected chi connectivity index (χ2v) is 4.53. The molecule has 2 rings (SSSR count). The van der Waals surface area contributed by atoms with Crippen molar-refractivity contribution in [1.29, 1.82) is 0 Å². The zero-order valence-corrected chi connectivity index (χ0v) is 9.93. The number of ether oxygens (including phenoxy) is 1. The van der Waals surface area contributed by atoms with Crippen LogP contribution in [-0.4, -0.2) is 19.2 Å². The first-order chi connectivity index (χ1) is 7.66. The van der Waals surface area contributed by atoms with Gasteiger partial charge in [-0.3, -0.25) is 0 Å². The lowest BCUT2D eigenvalue weighted by atomic mass is 10.1. The molecule has 1 heterocycles. The fourth-order valence-electron chi connectivity index (χ4n) is 1.82. The van der Waals surface area contributed by atoms with Crippen LogP contribution in [0.4, 0.5) is 4.39 Å². The van der Waals surface area contributed by atoms with Gasteiger partial charge in [0.2, 0.25) is 0 Å². The van der Waals surface area contributed by atoms with Gasteiger partial charge in [0, 0.05) is 29.8 Å². The zero-order chi connectivity index (χ0) is 11.5. The fourth-order valence-corrected chi connectivity index (χ4v) is 2.11. The van der Waals surface area contributed by atoms with E-state index in [-0.39, 0.29) is 11.9 Å². The highest BCUT2D eigenvalue weighted by Crippen LogP contribution is 2.27. The molecule has 16 heavy (non-hydrogen) atoms. The molecule has 88 valence electrons. The summed E-state index contributed by atoms with van der Waals surface area (Å²) in [5.74, 6) is -0.316. The predicted octanol–water partition coefficient (Wildman–Crippen LogP) is 2.92. The van der Waals surface area contributed by atoms with Crippen LogP contribution in [0.1, 0.15) is 25.0 Å². The zero-order valence-electron chi connectivity index (χ0n) is 9.17. The molecule has 1 fully saturated rings. The molecule has 1 aliphatic rings. The second-order valence-electron chi connectivity index (χ2n) is 4.12. The molecule has 1 aromatic carbocycles. The van der Waals surface area contributed by atoms with Crippen LogP contribution < -0.4 is 5.32 Å². The standard InChI is InChI=1S/C12H15ClFNO/c1-8-4-5-16-12(7-15-8)10-3-2-9(14)6-11(10)13/h2-3,6,8,12,15H,4-5,7H2,1H3. The molecule has 1 N–H and O–H groups in total. The van der Waals surface area contributed by atoms with E-state index < -0.39 is 0 Å². The second kappa shape index (κ2) is 5.13. The highest BCUT2D eigenvalue weighted by Gasteiger charge is 2.19. The maximum absolute atomic E-state index is 12.9. The van der Waals surface area contributed by atoms with Crippen LogP contribution in [0.3, 0.4) is 0 Å². The Bertz CT molecular complexity index is 372.